The van der Waals surface area contributed by atoms with E-state index in [1.54, 1.807) is 0 Å². The molecule has 0 N–H and O–H groups in total. The first-order chi connectivity index (χ1) is 32.5. The Kier molecular flexibility index (Phi) is 8.51. The molecule has 0 unspecified atom stereocenters. The molecule has 2 heteroatoms. The van der Waals surface area contributed by atoms with Crippen LogP contribution in [0.2, 0.25) is 0 Å². The van der Waals surface area contributed by atoms with Crippen molar-refractivity contribution in [3.05, 3.63) is 276 Å². The van der Waals surface area contributed by atoms with Crippen LogP contribution < -0.4 is 4.90 Å². The Hall–Kier alpha value is -8.20. The summed E-state index contributed by atoms with van der Waals surface area (Å²) in [5.41, 5.74) is 21.8. The van der Waals surface area contributed by atoms with E-state index >= 15 is 0 Å². The van der Waals surface area contributed by atoms with Crippen LogP contribution in [0.3, 0.4) is 0 Å². The highest BCUT2D eigenvalue weighted by atomic mass is 15.1. The summed E-state index contributed by atoms with van der Waals surface area (Å²) in [6.45, 7) is 4.74. The topological polar surface area (TPSA) is 8.17 Å². The van der Waals surface area contributed by atoms with Gasteiger partial charge < -0.3 is 9.47 Å². The minimum Gasteiger partial charge on any atom is -0.310 e. The second-order valence-corrected chi connectivity index (χ2v) is 18.4. The molecule has 0 fully saturated rings. The zero-order valence-corrected chi connectivity index (χ0v) is 37.0. The quantitative estimate of drug-likeness (QED) is 0.155. The lowest BCUT2D eigenvalue weighted by Crippen LogP contribution is -2.28. The van der Waals surface area contributed by atoms with E-state index in [0.717, 1.165) is 11.4 Å². The molecule has 13 rings (SSSR count). The Morgan fingerprint density at radius 1 is 0.364 bits per heavy atom. The number of para-hydroxylation sites is 2. The van der Waals surface area contributed by atoms with Crippen LogP contribution in [0.25, 0.3) is 60.9 Å². The monoisotopic (exact) mass is 842 g/mol. The Morgan fingerprint density at radius 3 is 1.67 bits per heavy atom. The van der Waals surface area contributed by atoms with Gasteiger partial charge in [-0.1, -0.05) is 196 Å². The van der Waals surface area contributed by atoms with Crippen molar-refractivity contribution in [3.63, 3.8) is 0 Å². The largest absolute Gasteiger partial charge is 0.310 e. The van der Waals surface area contributed by atoms with Gasteiger partial charge in [0, 0.05) is 38.8 Å². The van der Waals surface area contributed by atoms with Gasteiger partial charge in [-0.15, -0.1) is 0 Å². The second kappa shape index (κ2) is 14.7. The van der Waals surface area contributed by atoms with Crippen LogP contribution >= 0.6 is 0 Å². The van der Waals surface area contributed by atoms with Crippen LogP contribution in [0.4, 0.5) is 17.1 Å². The maximum Gasteiger partial charge on any atom is 0.0713 e. The van der Waals surface area contributed by atoms with Gasteiger partial charge in [0.2, 0.25) is 0 Å². The van der Waals surface area contributed by atoms with Gasteiger partial charge in [-0.25, -0.2) is 0 Å². The molecule has 0 atom stereocenters. The molecule has 11 aromatic rings. The van der Waals surface area contributed by atoms with Crippen molar-refractivity contribution in [2.75, 3.05) is 4.90 Å². The second-order valence-electron chi connectivity index (χ2n) is 18.4. The Balaban J connectivity index is 1.00. The highest BCUT2D eigenvalue weighted by molar-refractivity contribution is 6.10. The number of aromatic nitrogens is 1. The number of fused-ring (bicyclic) bond motifs is 9. The molecule has 1 aromatic heterocycles. The van der Waals surface area contributed by atoms with Crippen LogP contribution in [0.1, 0.15) is 47.2 Å². The summed E-state index contributed by atoms with van der Waals surface area (Å²) < 4.78 is 2.38. The first kappa shape index (κ1) is 38.3. The highest BCUT2D eigenvalue weighted by Crippen LogP contribution is 2.58. The van der Waals surface area contributed by atoms with Gasteiger partial charge in [-0.3, -0.25) is 0 Å². The third kappa shape index (κ3) is 5.48. The SMILES string of the molecule is CC1(C)c2ccccc2-c2c(N(c3ccc(-c4ccc5c(c4)c4ccccc4n5-c4ccccc4)cc3)c3ccc4c(c3)-c3ccccc3C4(c3ccccc3)c3ccccc3)cccc21. The molecule has 2 aliphatic rings. The zero-order valence-electron chi connectivity index (χ0n) is 37.0. The van der Waals surface area contributed by atoms with E-state index in [2.05, 4.69) is 266 Å². The van der Waals surface area contributed by atoms with Crippen LogP contribution in [-0.4, -0.2) is 4.57 Å². The molecule has 0 amide bonds. The summed E-state index contributed by atoms with van der Waals surface area (Å²) in [5.74, 6) is 0. The van der Waals surface area contributed by atoms with Gasteiger partial charge in [-0.2, -0.15) is 0 Å². The molecular weight excluding hydrogens is 797 g/mol. The number of nitrogens with zero attached hydrogens (tertiary/aromatic N) is 2. The van der Waals surface area contributed by atoms with E-state index in [1.165, 1.54) is 99.9 Å². The standard InChI is InChI=1S/C64H46N2/c1-63(2)55-28-15-13-27-52(55)62-58(63)30-18-32-61(62)65(48-36-33-43(34-37-48)44-35-40-60-54(41-44)51-26-14-17-31-59(51)66(60)47-23-10-5-11-24-47)49-38-39-57-53(42-49)50-25-12-16-29-56(50)64(57,45-19-6-3-7-20-45)46-21-8-4-9-22-46/h3-42H,1-2H3. The highest BCUT2D eigenvalue weighted by Gasteiger charge is 2.46. The van der Waals surface area contributed by atoms with Gasteiger partial charge >= 0.3 is 0 Å². The van der Waals surface area contributed by atoms with E-state index in [4.69, 9.17) is 0 Å². The van der Waals surface area contributed by atoms with E-state index in [1.807, 2.05) is 0 Å². The Labute approximate surface area is 386 Å². The average molecular weight is 843 g/mol. The molecule has 0 radical (unpaired) electrons. The van der Waals surface area contributed by atoms with Gasteiger partial charge in [0.25, 0.3) is 0 Å². The number of anilines is 3. The minimum absolute atomic E-state index is 0.137. The lowest BCUT2D eigenvalue weighted by Gasteiger charge is -2.34. The van der Waals surface area contributed by atoms with Gasteiger partial charge in [-0.05, 0) is 122 Å². The van der Waals surface area contributed by atoms with E-state index in [9.17, 15) is 0 Å². The fourth-order valence-corrected chi connectivity index (χ4v) is 11.7. The molecule has 0 saturated heterocycles. The summed E-state index contributed by atoms with van der Waals surface area (Å²) in [5, 5.41) is 2.50. The van der Waals surface area contributed by atoms with E-state index < -0.39 is 5.41 Å². The molecule has 312 valence electrons. The summed E-state index contributed by atoms with van der Waals surface area (Å²) in [7, 11) is 0. The number of rotatable bonds is 7. The van der Waals surface area contributed by atoms with Gasteiger partial charge in [0.05, 0.1) is 22.1 Å². The average Bonchev–Trinajstić information content (AvgIpc) is 3.96. The van der Waals surface area contributed by atoms with Crippen LogP contribution in [0, 0.1) is 0 Å². The van der Waals surface area contributed by atoms with Crippen molar-refractivity contribution in [3.8, 4) is 39.1 Å². The van der Waals surface area contributed by atoms with Crippen molar-refractivity contribution < 1.29 is 0 Å². The third-order valence-electron chi connectivity index (χ3n) is 14.7. The van der Waals surface area contributed by atoms with Crippen LogP contribution in [0.15, 0.2) is 243 Å². The van der Waals surface area contributed by atoms with Crippen molar-refractivity contribution in [2.24, 2.45) is 0 Å². The molecule has 0 spiro atoms. The first-order valence-corrected chi connectivity index (χ1v) is 23.1. The molecule has 0 aliphatic heterocycles. The molecule has 66 heavy (non-hydrogen) atoms. The van der Waals surface area contributed by atoms with E-state index in [0.29, 0.717) is 0 Å². The summed E-state index contributed by atoms with van der Waals surface area (Å²) in [6, 6.07) is 89.9. The predicted octanol–water partition coefficient (Wildman–Crippen LogP) is 16.6. The smallest absolute Gasteiger partial charge is 0.0713 e. The molecule has 10 aromatic carbocycles. The number of hydrogen-bond donors (Lipinski definition) is 0. The predicted molar refractivity (Wildman–Crippen MR) is 276 cm³/mol. The first-order valence-electron chi connectivity index (χ1n) is 23.1. The van der Waals surface area contributed by atoms with Crippen molar-refractivity contribution >= 4 is 38.9 Å². The van der Waals surface area contributed by atoms with Gasteiger partial charge in [0.1, 0.15) is 0 Å². The lowest BCUT2D eigenvalue weighted by molar-refractivity contribution is 0.660. The van der Waals surface area contributed by atoms with E-state index in [-0.39, 0.29) is 5.41 Å². The minimum atomic E-state index is -0.467. The molecule has 2 aliphatic carbocycles. The van der Waals surface area contributed by atoms with Crippen LogP contribution in [0.5, 0.6) is 0 Å². The molecule has 0 saturated carbocycles. The van der Waals surface area contributed by atoms with Crippen molar-refractivity contribution in [2.45, 2.75) is 24.7 Å². The summed E-state index contributed by atoms with van der Waals surface area (Å²) >= 11 is 0. The summed E-state index contributed by atoms with van der Waals surface area (Å²) in [6.07, 6.45) is 0. The lowest BCUT2D eigenvalue weighted by atomic mass is 9.68. The maximum absolute atomic E-state index is 2.51. The Morgan fingerprint density at radius 2 is 0.924 bits per heavy atom. The molecule has 1 heterocycles. The van der Waals surface area contributed by atoms with Crippen LogP contribution in [-0.2, 0) is 10.8 Å². The number of benzene rings is 10. The summed E-state index contributed by atoms with van der Waals surface area (Å²) in [4.78, 5) is 2.51. The normalized spacial score (nSPS) is 13.8. The molecule has 2 nitrogen and oxygen atoms in total. The number of hydrogen-bond acceptors (Lipinski definition) is 1. The van der Waals surface area contributed by atoms with Crippen molar-refractivity contribution in [1.29, 1.82) is 0 Å². The maximum atomic E-state index is 2.51. The van der Waals surface area contributed by atoms with Crippen molar-refractivity contribution in [1.82, 2.24) is 4.57 Å². The fraction of sp³-hybridized carbons (Fsp3) is 0.0625. The van der Waals surface area contributed by atoms with Gasteiger partial charge in [0.15, 0.2) is 0 Å². The zero-order chi connectivity index (χ0) is 44.0. The fourth-order valence-electron chi connectivity index (χ4n) is 11.7. The molecule has 0 bridgehead atoms. The Bertz CT molecular complexity index is 3620. The molecular formula is C64H46N2. The third-order valence-corrected chi connectivity index (χ3v) is 14.7.